The summed E-state index contributed by atoms with van der Waals surface area (Å²) in [6.07, 6.45) is 4.20. The fraction of sp³-hybridized carbons (Fsp3) is 0.600. The fourth-order valence-electron chi connectivity index (χ4n) is 2.47. The second-order valence-electron chi connectivity index (χ2n) is 5.31. The zero-order valence-corrected chi connectivity index (χ0v) is 15.1. The number of pyridine rings is 1. The van der Waals surface area contributed by atoms with Gasteiger partial charge in [0.05, 0.1) is 10.3 Å². The van der Waals surface area contributed by atoms with Crippen molar-refractivity contribution in [3.63, 3.8) is 0 Å². The largest absolute Gasteiger partial charge is 0.355 e. The van der Waals surface area contributed by atoms with Gasteiger partial charge in [-0.1, -0.05) is 32.0 Å². The quantitative estimate of drug-likeness (QED) is 0.841. The van der Waals surface area contributed by atoms with Crippen LogP contribution in [-0.4, -0.2) is 48.5 Å². The smallest absolute Gasteiger partial charge is 0.244 e. The van der Waals surface area contributed by atoms with E-state index in [4.69, 9.17) is 0 Å². The van der Waals surface area contributed by atoms with Crippen LogP contribution in [0.3, 0.4) is 0 Å². The second kappa shape index (κ2) is 8.12. The monoisotopic (exact) mass is 357 g/mol. The predicted molar refractivity (Wildman–Crippen MR) is 90.8 cm³/mol. The van der Waals surface area contributed by atoms with Crippen LogP contribution in [0.1, 0.15) is 33.1 Å². The third-order valence-corrected chi connectivity index (χ3v) is 7.05. The van der Waals surface area contributed by atoms with E-state index >= 15 is 0 Å². The number of carbonyl (C=O) groups is 1. The van der Waals surface area contributed by atoms with Gasteiger partial charge in [0.1, 0.15) is 4.90 Å². The number of hydrogen-bond donors (Lipinski definition) is 1. The molecular weight excluding hydrogens is 334 g/mol. The first-order valence-corrected chi connectivity index (χ1v) is 10.2. The van der Waals surface area contributed by atoms with Gasteiger partial charge in [-0.15, -0.1) is 0 Å². The number of nitrogens with zero attached hydrogens (tertiary/aromatic N) is 2. The first-order valence-electron chi connectivity index (χ1n) is 7.89. The van der Waals surface area contributed by atoms with E-state index in [0.717, 1.165) is 25.8 Å². The lowest BCUT2D eigenvalue weighted by Gasteiger charge is -2.18. The zero-order valence-electron chi connectivity index (χ0n) is 13.5. The summed E-state index contributed by atoms with van der Waals surface area (Å²) in [5.74, 6) is 0.0362. The van der Waals surface area contributed by atoms with E-state index in [-0.39, 0.29) is 16.1 Å². The Hall–Kier alpha value is -1.12. The molecule has 1 aliphatic heterocycles. The number of sulfonamides is 1. The first-order chi connectivity index (χ1) is 11.0. The zero-order chi connectivity index (χ0) is 16.9. The van der Waals surface area contributed by atoms with Gasteiger partial charge in [0.15, 0.2) is 0 Å². The van der Waals surface area contributed by atoms with E-state index in [1.54, 1.807) is 12.1 Å². The summed E-state index contributed by atoms with van der Waals surface area (Å²) in [5.41, 5.74) is 0. The minimum Gasteiger partial charge on any atom is -0.355 e. The van der Waals surface area contributed by atoms with E-state index in [2.05, 4.69) is 10.3 Å². The maximum atomic E-state index is 12.4. The molecule has 0 bridgehead atoms. The predicted octanol–water partition coefficient (Wildman–Crippen LogP) is 1.87. The molecule has 1 aromatic rings. The Balaban J connectivity index is 2.11. The van der Waals surface area contributed by atoms with Crippen molar-refractivity contribution in [3.05, 3.63) is 18.3 Å². The molecule has 1 saturated heterocycles. The van der Waals surface area contributed by atoms with Crippen LogP contribution in [-0.2, 0) is 14.8 Å². The third-order valence-electron chi connectivity index (χ3n) is 3.80. The third kappa shape index (κ3) is 4.45. The summed E-state index contributed by atoms with van der Waals surface area (Å²) in [7, 11) is -3.49. The molecule has 2 heterocycles. The molecule has 8 heteroatoms. The first kappa shape index (κ1) is 18.2. The van der Waals surface area contributed by atoms with Crippen molar-refractivity contribution in [1.82, 2.24) is 14.6 Å². The normalized spacial score (nSPS) is 19.4. The highest BCUT2D eigenvalue weighted by molar-refractivity contribution is 8.00. The topological polar surface area (TPSA) is 79.4 Å². The summed E-state index contributed by atoms with van der Waals surface area (Å²) in [6.45, 7) is 5.20. The minimum absolute atomic E-state index is 0.0362. The molecule has 2 rings (SSSR count). The summed E-state index contributed by atoms with van der Waals surface area (Å²) in [4.78, 5) is 16.4. The summed E-state index contributed by atoms with van der Waals surface area (Å²) in [6, 6.07) is 3.25. The Kier molecular flexibility index (Phi) is 6.43. The van der Waals surface area contributed by atoms with Crippen LogP contribution >= 0.6 is 11.8 Å². The number of rotatable bonds is 6. The highest BCUT2D eigenvalue weighted by Crippen LogP contribution is 2.27. The Morgan fingerprint density at radius 3 is 2.65 bits per heavy atom. The number of amides is 1. The van der Waals surface area contributed by atoms with Crippen LogP contribution in [0.2, 0.25) is 0 Å². The average Bonchev–Trinajstić information content (AvgIpc) is 2.74. The van der Waals surface area contributed by atoms with Crippen molar-refractivity contribution in [2.45, 2.75) is 48.3 Å². The van der Waals surface area contributed by atoms with Crippen molar-refractivity contribution in [2.24, 2.45) is 0 Å². The number of nitrogens with one attached hydrogen (secondary N) is 1. The molecule has 0 saturated carbocycles. The number of thioether (sulfide) groups is 1. The molecule has 6 nitrogen and oxygen atoms in total. The van der Waals surface area contributed by atoms with Gasteiger partial charge >= 0.3 is 0 Å². The summed E-state index contributed by atoms with van der Waals surface area (Å²) >= 11 is 1.39. The van der Waals surface area contributed by atoms with Crippen molar-refractivity contribution >= 4 is 27.7 Å². The van der Waals surface area contributed by atoms with E-state index in [9.17, 15) is 13.2 Å². The number of aromatic nitrogens is 1. The van der Waals surface area contributed by atoms with Crippen LogP contribution in [0, 0.1) is 0 Å². The molecule has 23 heavy (non-hydrogen) atoms. The number of carbonyl (C=O) groups excluding carboxylic acids is 1. The Bertz CT molecular complexity index is 628. The molecular formula is C15H23N3O3S2. The molecule has 1 aromatic heterocycles. The standard InChI is InChI=1S/C15H23N3O3S2/c1-3-18(4-2)23(20,21)12-8-9-14(17-11-12)22-13-7-5-6-10-16-15(13)19/h8-9,11,13H,3-7,10H2,1-2H3,(H,16,19). The highest BCUT2D eigenvalue weighted by atomic mass is 32.2. The SMILES string of the molecule is CCN(CC)S(=O)(=O)c1ccc(SC2CCCCNC2=O)nc1. The Labute approximate surface area is 142 Å². The molecule has 1 amide bonds. The molecule has 1 N–H and O–H groups in total. The van der Waals surface area contributed by atoms with Gasteiger partial charge in [0.25, 0.3) is 0 Å². The molecule has 128 valence electrons. The highest BCUT2D eigenvalue weighted by Gasteiger charge is 2.24. The van der Waals surface area contributed by atoms with Crippen molar-refractivity contribution in [2.75, 3.05) is 19.6 Å². The number of hydrogen-bond acceptors (Lipinski definition) is 5. The van der Waals surface area contributed by atoms with Crippen molar-refractivity contribution < 1.29 is 13.2 Å². The molecule has 1 unspecified atom stereocenters. The lowest BCUT2D eigenvalue weighted by molar-refractivity contribution is -0.120. The maximum absolute atomic E-state index is 12.4. The van der Waals surface area contributed by atoms with Crippen LogP contribution in [0.25, 0.3) is 0 Å². The Morgan fingerprint density at radius 1 is 1.30 bits per heavy atom. The van der Waals surface area contributed by atoms with Crippen molar-refractivity contribution in [1.29, 1.82) is 0 Å². The van der Waals surface area contributed by atoms with Gasteiger partial charge in [-0.3, -0.25) is 4.79 Å². The Morgan fingerprint density at radius 2 is 2.04 bits per heavy atom. The summed E-state index contributed by atoms with van der Waals surface area (Å²) < 4.78 is 26.2. The van der Waals surface area contributed by atoms with E-state index in [1.807, 2.05) is 13.8 Å². The lowest BCUT2D eigenvalue weighted by atomic mass is 10.2. The molecule has 1 aliphatic rings. The molecule has 0 spiro atoms. The van der Waals surface area contributed by atoms with Crippen LogP contribution in [0.15, 0.2) is 28.3 Å². The lowest BCUT2D eigenvalue weighted by Crippen LogP contribution is -2.31. The van der Waals surface area contributed by atoms with E-state index < -0.39 is 10.0 Å². The van der Waals surface area contributed by atoms with E-state index in [1.165, 1.54) is 22.3 Å². The van der Waals surface area contributed by atoms with Gasteiger partial charge in [-0.25, -0.2) is 13.4 Å². The van der Waals surface area contributed by atoms with Gasteiger partial charge in [0.2, 0.25) is 15.9 Å². The minimum atomic E-state index is -3.49. The molecule has 0 aromatic carbocycles. The van der Waals surface area contributed by atoms with Crippen LogP contribution in [0.4, 0.5) is 0 Å². The van der Waals surface area contributed by atoms with Crippen molar-refractivity contribution in [3.8, 4) is 0 Å². The average molecular weight is 358 g/mol. The van der Waals surface area contributed by atoms with Crippen LogP contribution in [0.5, 0.6) is 0 Å². The molecule has 1 atom stereocenters. The fourth-order valence-corrected chi connectivity index (χ4v) is 4.90. The maximum Gasteiger partial charge on any atom is 0.244 e. The summed E-state index contributed by atoms with van der Waals surface area (Å²) in [5, 5.41) is 3.41. The molecule has 1 fully saturated rings. The van der Waals surface area contributed by atoms with E-state index in [0.29, 0.717) is 18.1 Å². The van der Waals surface area contributed by atoms with Gasteiger partial charge in [-0.05, 0) is 25.0 Å². The van der Waals surface area contributed by atoms with Crippen LogP contribution < -0.4 is 5.32 Å². The molecule has 0 aliphatic carbocycles. The molecule has 0 radical (unpaired) electrons. The van der Waals surface area contributed by atoms with Gasteiger partial charge in [0, 0.05) is 25.8 Å². The second-order valence-corrected chi connectivity index (χ2v) is 8.48. The van der Waals surface area contributed by atoms with Gasteiger partial charge in [-0.2, -0.15) is 4.31 Å². The van der Waals surface area contributed by atoms with Gasteiger partial charge < -0.3 is 5.32 Å².